The summed E-state index contributed by atoms with van der Waals surface area (Å²) in [6, 6.07) is 54.5. The molecule has 0 atom stereocenters. The maximum atomic E-state index is 4.52. The molecule has 0 saturated carbocycles. The van der Waals surface area contributed by atoms with Gasteiger partial charge in [-0.3, -0.25) is 4.98 Å². The molecule has 0 saturated heterocycles. The molecule has 0 aliphatic heterocycles. The smallest absolute Gasteiger partial charge is 0.0724 e. The number of benzene rings is 6. The molecule has 3 heterocycles. The summed E-state index contributed by atoms with van der Waals surface area (Å²) in [5.41, 5.74) is 11.8. The lowest BCUT2D eigenvalue weighted by Gasteiger charge is -2.11. The second kappa shape index (κ2) is 9.82. The summed E-state index contributed by atoms with van der Waals surface area (Å²) in [4.78, 5) is 4.52. The molecule has 0 N–H and O–H groups in total. The fraction of sp³-hybridized carbons (Fsp3) is 0. The lowest BCUT2D eigenvalue weighted by atomic mass is 10.0. The quantitative estimate of drug-likeness (QED) is 0.210. The first-order valence-electron chi connectivity index (χ1n) is 15.0. The van der Waals surface area contributed by atoms with Crippen molar-refractivity contribution in [3.8, 4) is 33.6 Å². The van der Waals surface area contributed by atoms with E-state index in [0.717, 1.165) is 11.2 Å². The molecule has 3 heteroatoms. The van der Waals surface area contributed by atoms with E-state index in [1.165, 1.54) is 66.0 Å². The number of hydrogen-bond acceptors (Lipinski definition) is 1. The standard InChI is InChI=1S/C41H27N3/c1-3-10-28(11-4-1)30-18-20-40-37(25-30)35-22-23-42-27-41(35)44(40)33-15-9-12-29(24-33)31-19-21-39-36(26-31)34-16-7-8-17-38(34)43(39)32-13-5-2-6-14-32/h1-27H. The third kappa shape index (κ3) is 3.80. The number of nitrogens with zero attached hydrogens (tertiary/aromatic N) is 3. The number of fused-ring (bicyclic) bond motifs is 6. The first-order valence-corrected chi connectivity index (χ1v) is 15.0. The van der Waals surface area contributed by atoms with Gasteiger partial charge in [-0.05, 0) is 82.9 Å². The van der Waals surface area contributed by atoms with Crippen LogP contribution in [0.15, 0.2) is 164 Å². The van der Waals surface area contributed by atoms with Crippen LogP contribution in [0, 0.1) is 0 Å². The molecule has 0 amide bonds. The van der Waals surface area contributed by atoms with E-state index in [2.05, 4.69) is 166 Å². The van der Waals surface area contributed by atoms with Gasteiger partial charge in [-0.25, -0.2) is 0 Å². The van der Waals surface area contributed by atoms with Crippen molar-refractivity contribution in [1.82, 2.24) is 14.1 Å². The predicted molar refractivity (Wildman–Crippen MR) is 184 cm³/mol. The predicted octanol–water partition coefficient (Wildman–Crippen LogP) is 10.6. The zero-order valence-corrected chi connectivity index (χ0v) is 23.9. The summed E-state index contributed by atoms with van der Waals surface area (Å²) in [5, 5.41) is 4.94. The van der Waals surface area contributed by atoms with Crippen molar-refractivity contribution in [2.75, 3.05) is 0 Å². The van der Waals surface area contributed by atoms with Crippen molar-refractivity contribution in [1.29, 1.82) is 0 Å². The summed E-state index contributed by atoms with van der Waals surface area (Å²) in [5.74, 6) is 0. The van der Waals surface area contributed by atoms with Crippen LogP contribution in [-0.4, -0.2) is 14.1 Å². The SMILES string of the molecule is c1ccc(-c2ccc3c(c2)c2ccncc2n3-c2cccc(-c3ccc4c(c3)c3ccccc3n4-c3ccccc3)c2)cc1. The van der Waals surface area contributed by atoms with E-state index >= 15 is 0 Å². The second-order valence-electron chi connectivity index (χ2n) is 11.3. The van der Waals surface area contributed by atoms with Crippen molar-refractivity contribution in [3.05, 3.63) is 164 Å². The number of rotatable bonds is 4. The molecule has 3 aromatic heterocycles. The summed E-state index contributed by atoms with van der Waals surface area (Å²) in [7, 11) is 0. The number of para-hydroxylation sites is 2. The summed E-state index contributed by atoms with van der Waals surface area (Å²) >= 11 is 0. The van der Waals surface area contributed by atoms with Gasteiger partial charge in [-0.2, -0.15) is 0 Å². The Kier molecular flexibility index (Phi) is 5.50. The largest absolute Gasteiger partial charge is 0.309 e. The van der Waals surface area contributed by atoms with E-state index in [4.69, 9.17) is 0 Å². The molecule has 9 aromatic rings. The first-order chi connectivity index (χ1) is 21.8. The Morgan fingerprint density at radius 2 is 0.886 bits per heavy atom. The minimum Gasteiger partial charge on any atom is -0.309 e. The van der Waals surface area contributed by atoms with Crippen molar-refractivity contribution in [2.24, 2.45) is 0 Å². The van der Waals surface area contributed by atoms with Gasteiger partial charge in [-0.15, -0.1) is 0 Å². The van der Waals surface area contributed by atoms with Gasteiger partial charge < -0.3 is 9.13 Å². The first kappa shape index (κ1) is 24.6. The van der Waals surface area contributed by atoms with Crippen LogP contribution in [0.3, 0.4) is 0 Å². The lowest BCUT2D eigenvalue weighted by molar-refractivity contribution is 1.17. The van der Waals surface area contributed by atoms with Crippen LogP contribution in [0.1, 0.15) is 0 Å². The number of aromatic nitrogens is 3. The minimum absolute atomic E-state index is 1.10. The Labute approximate surface area is 254 Å². The second-order valence-corrected chi connectivity index (χ2v) is 11.3. The van der Waals surface area contributed by atoms with Crippen molar-refractivity contribution < 1.29 is 0 Å². The van der Waals surface area contributed by atoms with Crippen LogP contribution in [0.2, 0.25) is 0 Å². The van der Waals surface area contributed by atoms with Gasteiger partial charge in [0, 0.05) is 39.1 Å². The molecule has 0 fully saturated rings. The summed E-state index contributed by atoms with van der Waals surface area (Å²) < 4.78 is 4.70. The van der Waals surface area contributed by atoms with Crippen LogP contribution in [0.5, 0.6) is 0 Å². The molecule has 6 aromatic carbocycles. The molecular weight excluding hydrogens is 534 g/mol. The topological polar surface area (TPSA) is 22.8 Å². The molecule has 0 unspecified atom stereocenters. The van der Waals surface area contributed by atoms with E-state index in [1.807, 2.05) is 12.4 Å². The highest BCUT2D eigenvalue weighted by Gasteiger charge is 2.16. The molecule has 0 aliphatic rings. The molecule has 9 rings (SSSR count). The van der Waals surface area contributed by atoms with E-state index < -0.39 is 0 Å². The Morgan fingerprint density at radius 1 is 0.341 bits per heavy atom. The fourth-order valence-electron chi connectivity index (χ4n) is 6.79. The normalized spacial score (nSPS) is 11.6. The molecule has 0 radical (unpaired) electrons. The van der Waals surface area contributed by atoms with Crippen LogP contribution in [0.4, 0.5) is 0 Å². The lowest BCUT2D eigenvalue weighted by Crippen LogP contribution is -1.95. The third-order valence-corrected chi connectivity index (χ3v) is 8.80. The van der Waals surface area contributed by atoms with E-state index in [0.29, 0.717) is 0 Å². The monoisotopic (exact) mass is 561 g/mol. The van der Waals surface area contributed by atoms with Gasteiger partial charge in [0.25, 0.3) is 0 Å². The van der Waals surface area contributed by atoms with Crippen LogP contribution >= 0.6 is 0 Å². The average molecular weight is 562 g/mol. The molecule has 0 aliphatic carbocycles. The molecular formula is C41H27N3. The summed E-state index contributed by atoms with van der Waals surface area (Å²) in [6.45, 7) is 0. The van der Waals surface area contributed by atoms with Crippen LogP contribution in [0.25, 0.3) is 77.2 Å². The van der Waals surface area contributed by atoms with E-state index in [9.17, 15) is 0 Å². The van der Waals surface area contributed by atoms with Gasteiger partial charge >= 0.3 is 0 Å². The Balaban J connectivity index is 1.22. The van der Waals surface area contributed by atoms with Gasteiger partial charge in [0.1, 0.15) is 0 Å². The van der Waals surface area contributed by atoms with Crippen molar-refractivity contribution in [2.45, 2.75) is 0 Å². The molecule has 3 nitrogen and oxygen atoms in total. The maximum absolute atomic E-state index is 4.52. The van der Waals surface area contributed by atoms with Gasteiger partial charge in [0.15, 0.2) is 0 Å². The highest BCUT2D eigenvalue weighted by Crippen LogP contribution is 2.37. The minimum atomic E-state index is 1.10. The number of hydrogen-bond donors (Lipinski definition) is 0. The average Bonchev–Trinajstić information content (AvgIpc) is 3.61. The Bertz CT molecular complexity index is 2480. The van der Waals surface area contributed by atoms with Gasteiger partial charge in [0.2, 0.25) is 0 Å². The van der Waals surface area contributed by atoms with Gasteiger partial charge in [-0.1, -0.05) is 91.0 Å². The Hall–Kier alpha value is -5.93. The zero-order chi connectivity index (χ0) is 29.0. The zero-order valence-electron chi connectivity index (χ0n) is 23.9. The molecule has 44 heavy (non-hydrogen) atoms. The molecule has 206 valence electrons. The molecule has 0 bridgehead atoms. The van der Waals surface area contributed by atoms with E-state index in [-0.39, 0.29) is 0 Å². The fourth-order valence-corrected chi connectivity index (χ4v) is 6.79. The molecule has 0 spiro atoms. The highest BCUT2D eigenvalue weighted by atomic mass is 15.0. The number of pyridine rings is 1. The van der Waals surface area contributed by atoms with E-state index in [1.54, 1.807) is 0 Å². The maximum Gasteiger partial charge on any atom is 0.0724 e. The van der Waals surface area contributed by atoms with Crippen LogP contribution in [-0.2, 0) is 0 Å². The van der Waals surface area contributed by atoms with Crippen molar-refractivity contribution >= 4 is 43.6 Å². The third-order valence-electron chi connectivity index (χ3n) is 8.80. The van der Waals surface area contributed by atoms with Gasteiger partial charge in [0.05, 0.1) is 28.3 Å². The Morgan fingerprint density at radius 3 is 1.66 bits per heavy atom. The summed E-state index contributed by atoms with van der Waals surface area (Å²) in [6.07, 6.45) is 3.87. The highest BCUT2D eigenvalue weighted by molar-refractivity contribution is 6.11. The van der Waals surface area contributed by atoms with Crippen LogP contribution < -0.4 is 0 Å². The van der Waals surface area contributed by atoms with Crippen molar-refractivity contribution in [3.63, 3.8) is 0 Å².